The third-order valence-electron chi connectivity index (χ3n) is 4.19. The Hall–Kier alpha value is -2.89. The molecule has 1 heterocycles. The Balaban J connectivity index is 1.66. The molecule has 0 bridgehead atoms. The predicted molar refractivity (Wildman–Crippen MR) is 90.3 cm³/mol. The van der Waals surface area contributed by atoms with Crippen molar-refractivity contribution in [2.45, 2.75) is 19.4 Å². The van der Waals surface area contributed by atoms with Crippen LogP contribution in [-0.2, 0) is 16.0 Å². The van der Waals surface area contributed by atoms with Gasteiger partial charge in [-0.3, -0.25) is 4.79 Å². The van der Waals surface area contributed by atoms with Crippen molar-refractivity contribution in [2.75, 3.05) is 18.6 Å². The Bertz CT molecular complexity index is 821. The first-order valence-corrected chi connectivity index (χ1v) is 7.92. The van der Waals surface area contributed by atoms with Crippen LogP contribution in [0.25, 0.3) is 0 Å². The maximum absolute atomic E-state index is 13.7. The zero-order valence-electron chi connectivity index (χ0n) is 14.0. The maximum Gasteiger partial charge on any atom is 0.338 e. The lowest BCUT2D eigenvalue weighted by molar-refractivity contribution is -0.122. The lowest BCUT2D eigenvalue weighted by Crippen LogP contribution is -2.38. The normalized spacial score (nSPS) is 15.6. The van der Waals surface area contributed by atoms with Gasteiger partial charge in [0.25, 0.3) is 5.91 Å². The SMILES string of the molecule is COc1ccc(C(=O)OCC(=O)N2c3ccccc3C[C@@H]2C)cc1F. The molecule has 0 spiro atoms. The highest BCUT2D eigenvalue weighted by molar-refractivity contribution is 5.99. The van der Waals surface area contributed by atoms with Crippen LogP contribution >= 0.6 is 0 Å². The molecule has 3 rings (SSSR count). The smallest absolute Gasteiger partial charge is 0.338 e. The molecule has 1 amide bonds. The van der Waals surface area contributed by atoms with Gasteiger partial charge < -0.3 is 14.4 Å². The van der Waals surface area contributed by atoms with Crippen molar-refractivity contribution in [1.82, 2.24) is 0 Å². The van der Waals surface area contributed by atoms with E-state index in [-0.39, 0.29) is 23.3 Å². The molecule has 0 saturated heterocycles. The number of benzene rings is 2. The number of carbonyl (C=O) groups excluding carboxylic acids is 2. The zero-order valence-corrected chi connectivity index (χ0v) is 14.0. The number of methoxy groups -OCH3 is 1. The van der Waals surface area contributed by atoms with Crippen molar-refractivity contribution in [3.63, 3.8) is 0 Å². The van der Waals surface area contributed by atoms with Gasteiger partial charge in [-0.15, -0.1) is 0 Å². The van der Waals surface area contributed by atoms with Crippen LogP contribution in [0.2, 0.25) is 0 Å². The second-order valence-corrected chi connectivity index (χ2v) is 5.87. The van der Waals surface area contributed by atoms with Gasteiger partial charge in [-0.25, -0.2) is 9.18 Å². The van der Waals surface area contributed by atoms with Crippen molar-refractivity contribution in [2.24, 2.45) is 0 Å². The number of esters is 1. The molecule has 0 saturated carbocycles. The van der Waals surface area contributed by atoms with Gasteiger partial charge in [0.2, 0.25) is 0 Å². The summed E-state index contributed by atoms with van der Waals surface area (Å²) in [6.07, 6.45) is 0.763. The van der Waals surface area contributed by atoms with Gasteiger partial charge in [0.05, 0.1) is 12.7 Å². The highest BCUT2D eigenvalue weighted by Gasteiger charge is 2.31. The number of halogens is 1. The Morgan fingerprint density at radius 1 is 1.24 bits per heavy atom. The van der Waals surface area contributed by atoms with Gasteiger partial charge >= 0.3 is 5.97 Å². The summed E-state index contributed by atoms with van der Waals surface area (Å²) in [4.78, 5) is 26.2. The van der Waals surface area contributed by atoms with Gasteiger partial charge in [0, 0.05) is 11.7 Å². The molecular formula is C19H18FNO4. The summed E-state index contributed by atoms with van der Waals surface area (Å²) in [5.41, 5.74) is 1.96. The molecule has 0 N–H and O–H groups in total. The minimum absolute atomic E-state index is 0.00188. The molecule has 1 aliphatic heterocycles. The summed E-state index contributed by atoms with van der Waals surface area (Å²) in [7, 11) is 1.34. The number of nitrogens with zero attached hydrogens (tertiary/aromatic N) is 1. The summed E-state index contributed by atoms with van der Waals surface area (Å²) >= 11 is 0. The monoisotopic (exact) mass is 343 g/mol. The molecule has 2 aromatic rings. The molecule has 1 atom stereocenters. The minimum atomic E-state index is -0.755. The molecular weight excluding hydrogens is 325 g/mol. The molecule has 0 fully saturated rings. The van der Waals surface area contributed by atoms with Crippen molar-refractivity contribution < 1.29 is 23.5 Å². The molecule has 6 heteroatoms. The largest absolute Gasteiger partial charge is 0.494 e. The van der Waals surface area contributed by atoms with Crippen molar-refractivity contribution in [3.05, 3.63) is 59.4 Å². The van der Waals surface area contributed by atoms with E-state index >= 15 is 0 Å². The highest BCUT2D eigenvalue weighted by Crippen LogP contribution is 2.31. The van der Waals surface area contributed by atoms with E-state index in [1.54, 1.807) is 4.90 Å². The third kappa shape index (κ3) is 3.33. The van der Waals surface area contributed by atoms with Gasteiger partial charge in [-0.2, -0.15) is 0 Å². The highest BCUT2D eigenvalue weighted by atomic mass is 19.1. The molecule has 5 nitrogen and oxygen atoms in total. The van der Waals surface area contributed by atoms with E-state index in [0.717, 1.165) is 23.7 Å². The Morgan fingerprint density at radius 2 is 2.00 bits per heavy atom. The van der Waals surface area contributed by atoms with Crippen LogP contribution in [-0.4, -0.2) is 31.6 Å². The fourth-order valence-electron chi connectivity index (χ4n) is 3.02. The zero-order chi connectivity index (χ0) is 18.0. The van der Waals surface area contributed by atoms with Gasteiger partial charge in [0.1, 0.15) is 0 Å². The van der Waals surface area contributed by atoms with E-state index in [0.29, 0.717) is 0 Å². The number of carbonyl (C=O) groups is 2. The van der Waals surface area contributed by atoms with Crippen molar-refractivity contribution in [1.29, 1.82) is 0 Å². The number of hydrogen-bond donors (Lipinski definition) is 0. The fourth-order valence-corrected chi connectivity index (χ4v) is 3.02. The summed E-state index contributed by atoms with van der Waals surface area (Å²) in [5.74, 6) is -1.68. The summed E-state index contributed by atoms with van der Waals surface area (Å²) < 4.78 is 23.5. The van der Waals surface area contributed by atoms with E-state index in [9.17, 15) is 14.0 Å². The number of hydrogen-bond acceptors (Lipinski definition) is 4. The molecule has 1 aliphatic rings. The third-order valence-corrected chi connectivity index (χ3v) is 4.19. The fraction of sp³-hybridized carbons (Fsp3) is 0.263. The molecule has 0 unspecified atom stereocenters. The number of ether oxygens (including phenoxy) is 2. The predicted octanol–water partition coefficient (Wildman–Crippen LogP) is 2.97. The lowest BCUT2D eigenvalue weighted by atomic mass is 10.1. The van der Waals surface area contributed by atoms with Crippen LogP contribution in [0.4, 0.5) is 10.1 Å². The van der Waals surface area contributed by atoms with Crippen molar-refractivity contribution >= 4 is 17.6 Å². The van der Waals surface area contributed by atoms with Gasteiger partial charge in [0.15, 0.2) is 18.2 Å². The lowest BCUT2D eigenvalue weighted by Gasteiger charge is -2.22. The average molecular weight is 343 g/mol. The molecule has 25 heavy (non-hydrogen) atoms. The first-order chi connectivity index (χ1) is 12.0. The molecule has 2 aromatic carbocycles. The number of para-hydroxylation sites is 1. The van der Waals surface area contributed by atoms with E-state index in [1.807, 2.05) is 31.2 Å². The first kappa shape index (κ1) is 17.0. The molecule has 0 aromatic heterocycles. The number of rotatable bonds is 4. The van der Waals surface area contributed by atoms with Crippen LogP contribution < -0.4 is 9.64 Å². The van der Waals surface area contributed by atoms with Crippen LogP contribution in [0, 0.1) is 5.82 Å². The second-order valence-electron chi connectivity index (χ2n) is 5.87. The van der Waals surface area contributed by atoms with Crippen LogP contribution in [0.5, 0.6) is 5.75 Å². The van der Waals surface area contributed by atoms with E-state index in [1.165, 1.54) is 19.2 Å². The molecule has 0 radical (unpaired) electrons. The van der Waals surface area contributed by atoms with E-state index < -0.39 is 18.4 Å². The average Bonchev–Trinajstić information content (AvgIpc) is 2.95. The quantitative estimate of drug-likeness (QED) is 0.801. The number of anilines is 1. The number of fused-ring (bicyclic) bond motifs is 1. The molecule has 0 aliphatic carbocycles. The maximum atomic E-state index is 13.7. The second kappa shape index (κ2) is 6.93. The topological polar surface area (TPSA) is 55.8 Å². The minimum Gasteiger partial charge on any atom is -0.494 e. The van der Waals surface area contributed by atoms with Gasteiger partial charge in [-0.05, 0) is 43.2 Å². The standard InChI is InChI=1S/C19H18FNO4/c1-12-9-13-5-3-4-6-16(13)21(12)18(22)11-25-19(23)14-7-8-17(24-2)15(20)10-14/h3-8,10,12H,9,11H2,1-2H3/t12-/m0/s1. The van der Waals surface area contributed by atoms with E-state index in [4.69, 9.17) is 9.47 Å². The van der Waals surface area contributed by atoms with Crippen LogP contribution in [0.1, 0.15) is 22.8 Å². The van der Waals surface area contributed by atoms with Crippen LogP contribution in [0.15, 0.2) is 42.5 Å². The summed E-state index contributed by atoms with van der Waals surface area (Å²) in [6, 6.07) is 11.4. The Labute approximate surface area is 145 Å². The molecule has 130 valence electrons. The van der Waals surface area contributed by atoms with Crippen molar-refractivity contribution in [3.8, 4) is 5.75 Å². The Morgan fingerprint density at radius 3 is 2.72 bits per heavy atom. The summed E-state index contributed by atoms with van der Waals surface area (Å²) in [6.45, 7) is 1.55. The Kier molecular flexibility index (Phi) is 4.70. The number of amides is 1. The van der Waals surface area contributed by atoms with E-state index in [2.05, 4.69) is 0 Å². The van der Waals surface area contributed by atoms with Gasteiger partial charge in [-0.1, -0.05) is 18.2 Å². The summed E-state index contributed by atoms with van der Waals surface area (Å²) in [5, 5.41) is 0. The first-order valence-electron chi connectivity index (χ1n) is 7.92. The van der Waals surface area contributed by atoms with Crippen LogP contribution in [0.3, 0.4) is 0 Å².